The summed E-state index contributed by atoms with van der Waals surface area (Å²) in [5.41, 5.74) is 2.36. The molecule has 0 saturated carbocycles. The molecule has 0 unspecified atom stereocenters. The molecule has 0 N–H and O–H groups in total. The summed E-state index contributed by atoms with van der Waals surface area (Å²) in [4.78, 5) is 10.5. The minimum atomic E-state index is 0.507. The van der Waals surface area contributed by atoms with Gasteiger partial charge in [-0.15, -0.1) is 0 Å². The van der Waals surface area contributed by atoms with Gasteiger partial charge in [0.25, 0.3) is 0 Å². The zero-order chi connectivity index (χ0) is 10.7. The van der Waals surface area contributed by atoms with E-state index in [1.165, 1.54) is 10.9 Å². The average Bonchev–Trinajstić information content (AvgIpc) is 2.64. The number of hydrogen-bond acceptors (Lipinski definition) is 1. The van der Waals surface area contributed by atoms with Gasteiger partial charge >= 0.3 is 0 Å². The Morgan fingerprint density at radius 3 is 2.93 bits per heavy atom. The van der Waals surface area contributed by atoms with Crippen molar-refractivity contribution in [1.82, 2.24) is 4.57 Å². The second kappa shape index (κ2) is 4.30. The van der Waals surface area contributed by atoms with Crippen LogP contribution in [-0.2, 0) is 17.8 Å². The predicted octanol–water partition coefficient (Wildman–Crippen LogP) is 2.79. The Labute approximate surface area is 89.5 Å². The summed E-state index contributed by atoms with van der Waals surface area (Å²) in [5.74, 6) is 0. The zero-order valence-corrected chi connectivity index (χ0v) is 8.94. The highest BCUT2D eigenvalue weighted by molar-refractivity contribution is 5.85. The van der Waals surface area contributed by atoms with Crippen LogP contribution in [0.5, 0.6) is 0 Å². The topological polar surface area (TPSA) is 22.0 Å². The molecule has 0 amide bonds. The quantitative estimate of drug-likeness (QED) is 0.697. The first-order chi connectivity index (χ1) is 7.36. The third-order valence-corrected chi connectivity index (χ3v) is 2.67. The van der Waals surface area contributed by atoms with E-state index < -0.39 is 0 Å². The molecule has 2 aromatic rings. The number of aromatic nitrogens is 1. The number of hydrogen-bond donors (Lipinski definition) is 0. The number of aldehydes is 1. The van der Waals surface area contributed by atoms with Crippen LogP contribution in [0, 0.1) is 0 Å². The van der Waals surface area contributed by atoms with Crippen molar-refractivity contribution < 1.29 is 4.79 Å². The van der Waals surface area contributed by atoms with Crippen LogP contribution in [0.25, 0.3) is 10.9 Å². The normalized spacial score (nSPS) is 10.7. The van der Waals surface area contributed by atoms with Crippen molar-refractivity contribution in [1.29, 1.82) is 0 Å². The van der Waals surface area contributed by atoms with Gasteiger partial charge in [-0.05, 0) is 24.1 Å². The maximum atomic E-state index is 10.5. The number of benzene rings is 1. The first kappa shape index (κ1) is 9.97. The van der Waals surface area contributed by atoms with Gasteiger partial charge < -0.3 is 9.36 Å². The van der Waals surface area contributed by atoms with Gasteiger partial charge in [0.1, 0.15) is 6.29 Å². The Kier molecular flexibility index (Phi) is 2.86. The van der Waals surface area contributed by atoms with E-state index in [0.717, 1.165) is 24.8 Å². The SMILES string of the molecule is CCCn1ccc2c(CC=O)cccc21. The fourth-order valence-corrected chi connectivity index (χ4v) is 1.99. The molecule has 1 heterocycles. The fourth-order valence-electron chi connectivity index (χ4n) is 1.99. The summed E-state index contributed by atoms with van der Waals surface area (Å²) in [6, 6.07) is 8.25. The number of carbonyl (C=O) groups excluding carboxylic acids is 1. The monoisotopic (exact) mass is 201 g/mol. The van der Waals surface area contributed by atoms with E-state index in [1.807, 2.05) is 12.1 Å². The van der Waals surface area contributed by atoms with Gasteiger partial charge in [-0.1, -0.05) is 19.1 Å². The molecule has 0 aliphatic heterocycles. The fraction of sp³-hybridized carbons (Fsp3) is 0.308. The van der Waals surface area contributed by atoms with Gasteiger partial charge in [-0.2, -0.15) is 0 Å². The van der Waals surface area contributed by atoms with Crippen LogP contribution in [0.1, 0.15) is 18.9 Å². The third-order valence-electron chi connectivity index (χ3n) is 2.67. The second-order valence-corrected chi connectivity index (χ2v) is 3.73. The van der Waals surface area contributed by atoms with E-state index in [9.17, 15) is 4.79 Å². The van der Waals surface area contributed by atoms with Crippen molar-refractivity contribution in [3.8, 4) is 0 Å². The third kappa shape index (κ3) is 1.80. The van der Waals surface area contributed by atoms with Gasteiger partial charge in [0.15, 0.2) is 0 Å². The van der Waals surface area contributed by atoms with E-state index >= 15 is 0 Å². The van der Waals surface area contributed by atoms with Crippen molar-refractivity contribution >= 4 is 17.2 Å². The summed E-state index contributed by atoms with van der Waals surface area (Å²) in [6.07, 6.45) is 4.70. The van der Waals surface area contributed by atoms with E-state index in [0.29, 0.717) is 6.42 Å². The molecule has 0 bridgehead atoms. The Morgan fingerprint density at radius 1 is 1.33 bits per heavy atom. The van der Waals surface area contributed by atoms with Crippen molar-refractivity contribution in [2.45, 2.75) is 26.3 Å². The van der Waals surface area contributed by atoms with Crippen LogP contribution in [0.2, 0.25) is 0 Å². The van der Waals surface area contributed by atoms with Crippen molar-refractivity contribution in [2.24, 2.45) is 0 Å². The Morgan fingerprint density at radius 2 is 2.20 bits per heavy atom. The standard InChI is InChI=1S/C13H15NO/c1-2-8-14-9-6-12-11(7-10-15)4-3-5-13(12)14/h3-6,9-10H,2,7-8H2,1H3. The molecule has 2 rings (SSSR count). The zero-order valence-electron chi connectivity index (χ0n) is 8.94. The summed E-state index contributed by atoms with van der Waals surface area (Å²) in [7, 11) is 0. The molecular weight excluding hydrogens is 186 g/mol. The van der Waals surface area contributed by atoms with E-state index in [2.05, 4.69) is 29.8 Å². The van der Waals surface area contributed by atoms with E-state index in [-0.39, 0.29) is 0 Å². The molecular formula is C13H15NO. The van der Waals surface area contributed by atoms with Crippen molar-refractivity contribution in [2.75, 3.05) is 0 Å². The highest BCUT2D eigenvalue weighted by Gasteiger charge is 2.03. The van der Waals surface area contributed by atoms with Gasteiger partial charge in [-0.3, -0.25) is 0 Å². The van der Waals surface area contributed by atoms with Crippen LogP contribution in [0.15, 0.2) is 30.5 Å². The van der Waals surface area contributed by atoms with E-state index in [1.54, 1.807) is 0 Å². The molecule has 0 aliphatic carbocycles. The lowest BCUT2D eigenvalue weighted by Crippen LogP contribution is -1.94. The molecule has 1 aromatic heterocycles. The molecule has 2 nitrogen and oxygen atoms in total. The number of nitrogens with zero attached hydrogens (tertiary/aromatic N) is 1. The van der Waals surface area contributed by atoms with E-state index in [4.69, 9.17) is 0 Å². The van der Waals surface area contributed by atoms with Gasteiger partial charge in [0, 0.05) is 30.1 Å². The maximum Gasteiger partial charge on any atom is 0.124 e. The summed E-state index contributed by atoms with van der Waals surface area (Å²) >= 11 is 0. The van der Waals surface area contributed by atoms with Crippen LogP contribution in [0.4, 0.5) is 0 Å². The lowest BCUT2D eigenvalue weighted by molar-refractivity contribution is -0.107. The molecule has 78 valence electrons. The smallest absolute Gasteiger partial charge is 0.124 e. The minimum Gasteiger partial charge on any atom is -0.347 e. The molecule has 0 aliphatic rings. The van der Waals surface area contributed by atoms with Crippen LogP contribution in [-0.4, -0.2) is 10.9 Å². The number of carbonyl (C=O) groups is 1. The van der Waals surface area contributed by atoms with Crippen LogP contribution in [0.3, 0.4) is 0 Å². The summed E-state index contributed by atoms with van der Waals surface area (Å²) in [5, 5.41) is 1.21. The summed E-state index contributed by atoms with van der Waals surface area (Å²) in [6.45, 7) is 3.20. The Balaban J connectivity index is 2.52. The van der Waals surface area contributed by atoms with Crippen molar-refractivity contribution in [3.63, 3.8) is 0 Å². The van der Waals surface area contributed by atoms with Gasteiger partial charge in [0.05, 0.1) is 0 Å². The first-order valence-corrected chi connectivity index (χ1v) is 5.37. The largest absolute Gasteiger partial charge is 0.347 e. The molecule has 0 fully saturated rings. The number of aryl methyl sites for hydroxylation is 1. The molecule has 2 heteroatoms. The lowest BCUT2D eigenvalue weighted by atomic mass is 10.1. The average molecular weight is 201 g/mol. The van der Waals surface area contributed by atoms with Crippen LogP contribution < -0.4 is 0 Å². The molecule has 0 saturated heterocycles. The predicted molar refractivity (Wildman–Crippen MR) is 62.0 cm³/mol. The molecule has 1 aromatic carbocycles. The molecule has 0 spiro atoms. The Bertz CT molecular complexity index is 470. The van der Waals surface area contributed by atoms with Gasteiger partial charge in [0.2, 0.25) is 0 Å². The minimum absolute atomic E-state index is 0.507. The lowest BCUT2D eigenvalue weighted by Gasteiger charge is -2.04. The van der Waals surface area contributed by atoms with Crippen LogP contribution >= 0.6 is 0 Å². The molecule has 0 radical (unpaired) electrons. The molecule has 15 heavy (non-hydrogen) atoms. The number of rotatable bonds is 4. The second-order valence-electron chi connectivity index (χ2n) is 3.73. The van der Waals surface area contributed by atoms with Gasteiger partial charge in [-0.25, -0.2) is 0 Å². The first-order valence-electron chi connectivity index (χ1n) is 5.37. The number of fused-ring (bicyclic) bond motifs is 1. The van der Waals surface area contributed by atoms with Crippen molar-refractivity contribution in [3.05, 3.63) is 36.0 Å². The Hall–Kier alpha value is -1.57. The maximum absolute atomic E-state index is 10.5. The summed E-state index contributed by atoms with van der Waals surface area (Å²) < 4.78 is 2.24. The highest BCUT2D eigenvalue weighted by atomic mass is 16.1. The molecule has 0 atom stereocenters. The highest BCUT2D eigenvalue weighted by Crippen LogP contribution is 2.20.